The molecule has 1 aromatic heterocycles. The minimum atomic E-state index is -0.414. The lowest BCUT2D eigenvalue weighted by Crippen LogP contribution is -2.55. The smallest absolute Gasteiger partial charge is 0.274 e. The van der Waals surface area contributed by atoms with E-state index in [-0.39, 0.29) is 11.8 Å². The van der Waals surface area contributed by atoms with Gasteiger partial charge in [-0.25, -0.2) is 4.98 Å². The van der Waals surface area contributed by atoms with Gasteiger partial charge in [-0.05, 0) is 13.8 Å². The predicted molar refractivity (Wildman–Crippen MR) is 60.4 cm³/mol. The van der Waals surface area contributed by atoms with Crippen molar-refractivity contribution >= 4 is 23.2 Å². The van der Waals surface area contributed by atoms with E-state index in [1.54, 1.807) is 17.2 Å². The minimum Gasteiger partial charge on any atom is -0.353 e. The van der Waals surface area contributed by atoms with Gasteiger partial charge in [-0.2, -0.15) is 0 Å². The molecular weight excluding hydrogens is 226 g/mol. The first-order valence-electron chi connectivity index (χ1n) is 5.10. The maximum atomic E-state index is 12.1. The molecule has 6 heteroatoms. The molecule has 1 aromatic rings. The molecule has 1 aliphatic rings. The topological polar surface area (TPSA) is 62.3 Å². The van der Waals surface area contributed by atoms with Crippen LogP contribution in [0.3, 0.4) is 0 Å². The monoisotopic (exact) mass is 239 g/mol. The van der Waals surface area contributed by atoms with Gasteiger partial charge in [-0.3, -0.25) is 9.59 Å². The SMILES string of the molecule is Cc1nc(C(=O)N2CCNC(=O)C2C)cs1. The van der Waals surface area contributed by atoms with E-state index in [2.05, 4.69) is 10.3 Å². The van der Waals surface area contributed by atoms with Gasteiger partial charge in [0.25, 0.3) is 5.91 Å². The Balaban J connectivity index is 2.18. The molecule has 0 bridgehead atoms. The Morgan fingerprint density at radius 1 is 1.69 bits per heavy atom. The fourth-order valence-corrected chi connectivity index (χ4v) is 2.26. The van der Waals surface area contributed by atoms with Crippen molar-refractivity contribution in [3.8, 4) is 0 Å². The molecule has 0 saturated carbocycles. The average molecular weight is 239 g/mol. The van der Waals surface area contributed by atoms with E-state index >= 15 is 0 Å². The number of aromatic nitrogens is 1. The molecule has 1 unspecified atom stereocenters. The van der Waals surface area contributed by atoms with Gasteiger partial charge in [-0.15, -0.1) is 11.3 Å². The lowest BCUT2D eigenvalue weighted by atomic mass is 10.2. The van der Waals surface area contributed by atoms with E-state index in [4.69, 9.17) is 0 Å². The van der Waals surface area contributed by atoms with E-state index in [0.29, 0.717) is 18.8 Å². The van der Waals surface area contributed by atoms with Gasteiger partial charge in [0.15, 0.2) is 0 Å². The van der Waals surface area contributed by atoms with E-state index in [0.717, 1.165) is 5.01 Å². The third kappa shape index (κ3) is 1.92. The number of aryl methyl sites for hydroxylation is 1. The fraction of sp³-hybridized carbons (Fsp3) is 0.500. The summed E-state index contributed by atoms with van der Waals surface area (Å²) >= 11 is 1.44. The second kappa shape index (κ2) is 4.21. The van der Waals surface area contributed by atoms with Crippen molar-refractivity contribution in [2.24, 2.45) is 0 Å². The van der Waals surface area contributed by atoms with Crippen molar-refractivity contribution in [1.82, 2.24) is 15.2 Å². The highest BCUT2D eigenvalue weighted by atomic mass is 32.1. The summed E-state index contributed by atoms with van der Waals surface area (Å²) in [5, 5.41) is 5.31. The Hall–Kier alpha value is -1.43. The molecule has 0 aromatic carbocycles. The number of piperazine rings is 1. The average Bonchev–Trinajstić information content (AvgIpc) is 2.68. The molecule has 1 atom stereocenters. The zero-order chi connectivity index (χ0) is 11.7. The van der Waals surface area contributed by atoms with Crippen LogP contribution in [0.1, 0.15) is 22.4 Å². The van der Waals surface area contributed by atoms with Crippen LogP contribution in [0.25, 0.3) is 0 Å². The summed E-state index contributed by atoms with van der Waals surface area (Å²) < 4.78 is 0. The summed E-state index contributed by atoms with van der Waals surface area (Å²) in [5.41, 5.74) is 0.434. The summed E-state index contributed by atoms with van der Waals surface area (Å²) in [4.78, 5) is 29.2. The molecule has 1 N–H and O–H groups in total. The van der Waals surface area contributed by atoms with Crippen LogP contribution in [0.4, 0.5) is 0 Å². The number of hydrogen-bond donors (Lipinski definition) is 1. The van der Waals surface area contributed by atoms with Crippen LogP contribution >= 0.6 is 11.3 Å². The lowest BCUT2D eigenvalue weighted by molar-refractivity contribution is -0.127. The van der Waals surface area contributed by atoms with Gasteiger partial charge in [-0.1, -0.05) is 0 Å². The van der Waals surface area contributed by atoms with Crippen molar-refractivity contribution in [1.29, 1.82) is 0 Å². The van der Waals surface area contributed by atoms with Crippen LogP contribution in [-0.2, 0) is 4.79 Å². The Labute approximate surface area is 97.5 Å². The standard InChI is InChI=1S/C10H13N3O2S/c1-6-9(14)11-3-4-13(6)10(15)8-5-16-7(2)12-8/h5-6H,3-4H2,1-2H3,(H,11,14). The van der Waals surface area contributed by atoms with Crippen LogP contribution in [0.5, 0.6) is 0 Å². The summed E-state index contributed by atoms with van der Waals surface area (Å²) in [7, 11) is 0. The summed E-state index contributed by atoms with van der Waals surface area (Å²) in [6.07, 6.45) is 0. The first kappa shape index (κ1) is 11.1. The van der Waals surface area contributed by atoms with Crippen molar-refractivity contribution in [3.05, 3.63) is 16.1 Å². The van der Waals surface area contributed by atoms with Gasteiger partial charge in [0, 0.05) is 18.5 Å². The maximum absolute atomic E-state index is 12.1. The molecule has 16 heavy (non-hydrogen) atoms. The van der Waals surface area contributed by atoms with Gasteiger partial charge in [0.2, 0.25) is 5.91 Å². The number of amides is 2. The largest absolute Gasteiger partial charge is 0.353 e. The Morgan fingerprint density at radius 3 is 3.06 bits per heavy atom. The number of nitrogens with zero attached hydrogens (tertiary/aromatic N) is 2. The number of hydrogen-bond acceptors (Lipinski definition) is 4. The molecule has 86 valence electrons. The Bertz CT molecular complexity index is 429. The molecule has 0 spiro atoms. The number of rotatable bonds is 1. The number of nitrogens with one attached hydrogen (secondary N) is 1. The molecule has 5 nitrogen and oxygen atoms in total. The zero-order valence-corrected chi connectivity index (χ0v) is 10.0. The highest BCUT2D eigenvalue weighted by Gasteiger charge is 2.30. The molecule has 0 aliphatic carbocycles. The van der Waals surface area contributed by atoms with Crippen molar-refractivity contribution in [3.63, 3.8) is 0 Å². The third-order valence-electron chi connectivity index (χ3n) is 2.60. The highest BCUT2D eigenvalue weighted by molar-refractivity contribution is 7.09. The fourth-order valence-electron chi connectivity index (χ4n) is 1.67. The number of carbonyl (C=O) groups excluding carboxylic acids is 2. The summed E-state index contributed by atoms with van der Waals surface area (Å²) in [5.74, 6) is -0.266. The third-order valence-corrected chi connectivity index (χ3v) is 3.37. The first-order valence-corrected chi connectivity index (χ1v) is 5.98. The predicted octanol–water partition coefficient (Wildman–Crippen LogP) is 0.412. The molecule has 1 saturated heterocycles. The first-order chi connectivity index (χ1) is 7.59. The second-order valence-electron chi connectivity index (χ2n) is 3.72. The molecular formula is C10H13N3O2S. The van der Waals surface area contributed by atoms with Gasteiger partial charge in [0.05, 0.1) is 5.01 Å². The molecule has 1 aliphatic heterocycles. The van der Waals surface area contributed by atoms with Crippen LogP contribution in [0.2, 0.25) is 0 Å². The normalized spacial score (nSPS) is 20.8. The van der Waals surface area contributed by atoms with Crippen molar-refractivity contribution in [2.45, 2.75) is 19.9 Å². The zero-order valence-electron chi connectivity index (χ0n) is 9.19. The highest BCUT2D eigenvalue weighted by Crippen LogP contribution is 2.13. The summed E-state index contributed by atoms with van der Waals surface area (Å²) in [6, 6.07) is -0.414. The van der Waals surface area contributed by atoms with Crippen LogP contribution < -0.4 is 5.32 Å². The van der Waals surface area contributed by atoms with E-state index in [9.17, 15) is 9.59 Å². The minimum absolute atomic E-state index is 0.105. The quantitative estimate of drug-likeness (QED) is 0.772. The molecule has 0 radical (unpaired) electrons. The summed E-state index contributed by atoms with van der Waals surface area (Å²) in [6.45, 7) is 4.64. The van der Waals surface area contributed by atoms with E-state index in [1.807, 2.05) is 6.92 Å². The van der Waals surface area contributed by atoms with Crippen LogP contribution in [0, 0.1) is 6.92 Å². The molecule has 2 amide bonds. The van der Waals surface area contributed by atoms with Crippen molar-refractivity contribution < 1.29 is 9.59 Å². The second-order valence-corrected chi connectivity index (χ2v) is 4.78. The molecule has 1 fully saturated rings. The van der Waals surface area contributed by atoms with Gasteiger partial charge < -0.3 is 10.2 Å². The number of thiazole rings is 1. The van der Waals surface area contributed by atoms with Crippen molar-refractivity contribution in [2.75, 3.05) is 13.1 Å². The number of carbonyl (C=O) groups is 2. The van der Waals surface area contributed by atoms with Gasteiger partial charge in [0.1, 0.15) is 11.7 Å². The lowest BCUT2D eigenvalue weighted by Gasteiger charge is -2.32. The Morgan fingerprint density at radius 2 is 2.44 bits per heavy atom. The maximum Gasteiger partial charge on any atom is 0.274 e. The van der Waals surface area contributed by atoms with Crippen LogP contribution in [-0.4, -0.2) is 40.8 Å². The van der Waals surface area contributed by atoms with Gasteiger partial charge >= 0.3 is 0 Å². The molecule has 2 rings (SSSR count). The Kier molecular flexibility index (Phi) is 2.91. The van der Waals surface area contributed by atoms with Crippen LogP contribution in [0.15, 0.2) is 5.38 Å². The van der Waals surface area contributed by atoms with E-state index in [1.165, 1.54) is 11.3 Å². The molecule has 2 heterocycles. The van der Waals surface area contributed by atoms with E-state index < -0.39 is 6.04 Å².